The van der Waals surface area contributed by atoms with Gasteiger partial charge in [-0.2, -0.15) is 0 Å². The van der Waals surface area contributed by atoms with E-state index in [-0.39, 0.29) is 0 Å². The summed E-state index contributed by atoms with van der Waals surface area (Å²) >= 11 is 6.86. The Labute approximate surface area is 187 Å². The number of benzene rings is 4. The molecule has 0 aromatic heterocycles. The van der Waals surface area contributed by atoms with Gasteiger partial charge in [0.25, 0.3) is 0 Å². The first-order valence-corrected chi connectivity index (χ1v) is 12.0. The Hall–Kier alpha value is -2.21. The van der Waals surface area contributed by atoms with Crippen LogP contribution in [0.2, 0.25) is 0 Å². The lowest BCUT2D eigenvalue weighted by Gasteiger charge is -2.14. The van der Waals surface area contributed by atoms with Crippen molar-refractivity contribution in [3.63, 3.8) is 0 Å². The molecule has 0 aliphatic heterocycles. The number of hydrogen-bond donors (Lipinski definition) is 0. The minimum absolute atomic E-state index is 0.298. The van der Waals surface area contributed by atoms with Gasteiger partial charge in [-0.15, -0.1) is 0 Å². The fraction of sp³-hybridized carbons (Fsp3) is 0. The molecule has 29 heavy (non-hydrogen) atoms. The van der Waals surface area contributed by atoms with Crippen LogP contribution in [0.25, 0.3) is 22.3 Å². The van der Waals surface area contributed by atoms with Crippen LogP contribution in [0, 0.1) is 0 Å². The average Bonchev–Trinajstić information content (AvgIpc) is 2.75. The highest BCUT2D eigenvalue weighted by Gasteiger charge is 2.24. The molecule has 0 radical (unpaired) electrons. The van der Waals surface area contributed by atoms with Crippen molar-refractivity contribution in [2.45, 2.75) is 9.79 Å². The molecule has 0 N–H and O–H groups in total. The lowest BCUT2D eigenvalue weighted by molar-refractivity contribution is 0.596. The van der Waals surface area contributed by atoms with E-state index in [1.165, 1.54) is 0 Å². The first kappa shape index (κ1) is 20.1. The Bertz CT molecular complexity index is 1170. The van der Waals surface area contributed by atoms with Gasteiger partial charge in [-0.25, -0.2) is 8.42 Å². The molecule has 0 spiro atoms. The van der Waals surface area contributed by atoms with E-state index in [0.717, 1.165) is 20.1 Å². The number of hydrogen-bond acceptors (Lipinski definition) is 2. The summed E-state index contributed by atoms with van der Waals surface area (Å²) in [6.45, 7) is 0. The fourth-order valence-corrected chi connectivity index (χ4v) is 5.49. The summed E-state index contributed by atoms with van der Waals surface area (Å²) in [4.78, 5) is 0.596. The summed E-state index contributed by atoms with van der Waals surface area (Å²) < 4.78 is 29.4. The second-order valence-corrected chi connectivity index (χ2v) is 10.2. The van der Waals surface area contributed by atoms with Crippen molar-refractivity contribution in [2.75, 3.05) is 0 Å². The maximum Gasteiger partial charge on any atom is 0.207 e. The van der Waals surface area contributed by atoms with Crippen molar-refractivity contribution in [3.05, 3.63) is 106 Å². The maximum absolute atomic E-state index is 13.7. The molecule has 4 rings (SSSR count). The highest BCUT2D eigenvalue weighted by atomic mass is 79.9. The molecule has 4 aromatic rings. The Morgan fingerprint density at radius 1 is 0.483 bits per heavy atom. The van der Waals surface area contributed by atoms with Crippen LogP contribution in [0.4, 0.5) is 0 Å². The molecule has 0 saturated carbocycles. The van der Waals surface area contributed by atoms with E-state index in [4.69, 9.17) is 0 Å². The lowest BCUT2D eigenvalue weighted by Crippen LogP contribution is -2.06. The molecular formula is C24H16Br2O2S. The largest absolute Gasteiger partial charge is 0.218 e. The van der Waals surface area contributed by atoms with Crippen LogP contribution in [0.5, 0.6) is 0 Å². The van der Waals surface area contributed by atoms with Gasteiger partial charge in [0.15, 0.2) is 0 Å². The summed E-state index contributed by atoms with van der Waals surface area (Å²) in [5, 5.41) is 0. The number of halogens is 2. The normalized spacial score (nSPS) is 11.4. The zero-order valence-corrected chi connectivity index (χ0v) is 19.2. The Balaban J connectivity index is 1.90. The van der Waals surface area contributed by atoms with Crippen LogP contribution in [-0.4, -0.2) is 8.42 Å². The first-order chi connectivity index (χ1) is 14.0. The monoisotopic (exact) mass is 526 g/mol. The van der Waals surface area contributed by atoms with E-state index in [2.05, 4.69) is 31.9 Å². The highest BCUT2D eigenvalue weighted by molar-refractivity contribution is 9.10. The van der Waals surface area contributed by atoms with Crippen LogP contribution in [0.3, 0.4) is 0 Å². The zero-order chi connectivity index (χ0) is 20.4. The predicted octanol–water partition coefficient (Wildman–Crippen LogP) is 7.38. The standard InChI is InChI=1S/C24H16Br2O2S/c25-19-13-9-17(10-14-19)21-5-1-3-7-23(21)29(27,28)24-8-4-2-6-22(24)18-11-15-20(26)16-12-18/h1-16H. The van der Waals surface area contributed by atoms with Crippen LogP contribution < -0.4 is 0 Å². The third-order valence-corrected chi connectivity index (χ3v) is 7.59. The Morgan fingerprint density at radius 2 is 0.828 bits per heavy atom. The van der Waals surface area contributed by atoms with Crippen LogP contribution in [0.15, 0.2) is 116 Å². The molecule has 0 heterocycles. The smallest absolute Gasteiger partial charge is 0.207 e. The topological polar surface area (TPSA) is 34.1 Å². The molecule has 144 valence electrons. The summed E-state index contributed by atoms with van der Waals surface area (Å²) in [7, 11) is -3.74. The molecule has 0 fully saturated rings. The Kier molecular flexibility index (Phi) is 5.72. The summed E-state index contributed by atoms with van der Waals surface area (Å²) in [6.07, 6.45) is 0. The molecule has 0 aliphatic carbocycles. The molecule has 0 atom stereocenters. The van der Waals surface area contributed by atoms with E-state index in [1.807, 2.05) is 72.8 Å². The second kappa shape index (κ2) is 8.27. The summed E-state index contributed by atoms with van der Waals surface area (Å²) in [5.74, 6) is 0. The maximum atomic E-state index is 13.7. The van der Waals surface area contributed by atoms with E-state index < -0.39 is 9.84 Å². The lowest BCUT2D eigenvalue weighted by atomic mass is 10.1. The van der Waals surface area contributed by atoms with Crippen molar-refractivity contribution in [1.82, 2.24) is 0 Å². The van der Waals surface area contributed by atoms with E-state index in [9.17, 15) is 8.42 Å². The molecule has 5 heteroatoms. The third-order valence-electron chi connectivity index (χ3n) is 4.66. The van der Waals surface area contributed by atoms with Crippen molar-refractivity contribution in [3.8, 4) is 22.3 Å². The minimum atomic E-state index is -3.74. The van der Waals surface area contributed by atoms with Gasteiger partial charge in [0, 0.05) is 20.1 Å². The summed E-state index contributed by atoms with van der Waals surface area (Å²) in [6, 6.07) is 29.6. The van der Waals surface area contributed by atoms with Gasteiger partial charge in [-0.3, -0.25) is 0 Å². The van der Waals surface area contributed by atoms with Gasteiger partial charge in [0.1, 0.15) is 0 Å². The van der Waals surface area contributed by atoms with Crippen molar-refractivity contribution >= 4 is 41.7 Å². The molecule has 0 saturated heterocycles. The molecule has 2 nitrogen and oxygen atoms in total. The van der Waals surface area contributed by atoms with Gasteiger partial charge in [0.05, 0.1) is 9.79 Å². The molecule has 0 bridgehead atoms. The van der Waals surface area contributed by atoms with Gasteiger partial charge in [-0.05, 0) is 47.5 Å². The van der Waals surface area contributed by atoms with Crippen LogP contribution >= 0.6 is 31.9 Å². The fourth-order valence-electron chi connectivity index (χ4n) is 3.26. The van der Waals surface area contributed by atoms with Crippen LogP contribution in [0.1, 0.15) is 0 Å². The van der Waals surface area contributed by atoms with E-state index in [0.29, 0.717) is 20.9 Å². The van der Waals surface area contributed by atoms with Gasteiger partial charge < -0.3 is 0 Å². The average molecular weight is 528 g/mol. The molecular weight excluding hydrogens is 512 g/mol. The van der Waals surface area contributed by atoms with Gasteiger partial charge in [-0.1, -0.05) is 92.5 Å². The van der Waals surface area contributed by atoms with Gasteiger partial charge in [0.2, 0.25) is 9.84 Å². The van der Waals surface area contributed by atoms with Crippen molar-refractivity contribution < 1.29 is 8.42 Å². The SMILES string of the molecule is O=S(=O)(c1ccccc1-c1ccc(Br)cc1)c1ccccc1-c1ccc(Br)cc1. The molecule has 0 amide bonds. The second-order valence-electron chi connectivity index (χ2n) is 6.51. The quantitative estimate of drug-likeness (QED) is 0.277. The molecule has 0 unspecified atom stereocenters. The zero-order valence-electron chi connectivity index (χ0n) is 15.2. The molecule has 4 aromatic carbocycles. The minimum Gasteiger partial charge on any atom is -0.218 e. The predicted molar refractivity (Wildman–Crippen MR) is 125 cm³/mol. The number of sulfone groups is 1. The third kappa shape index (κ3) is 4.08. The molecule has 0 aliphatic rings. The Morgan fingerprint density at radius 3 is 1.21 bits per heavy atom. The highest BCUT2D eigenvalue weighted by Crippen LogP contribution is 2.36. The van der Waals surface area contributed by atoms with E-state index >= 15 is 0 Å². The first-order valence-electron chi connectivity index (χ1n) is 8.92. The van der Waals surface area contributed by atoms with Crippen LogP contribution in [-0.2, 0) is 9.84 Å². The van der Waals surface area contributed by atoms with Gasteiger partial charge >= 0.3 is 0 Å². The summed E-state index contributed by atoms with van der Waals surface area (Å²) in [5.41, 5.74) is 3.08. The van der Waals surface area contributed by atoms with Crippen molar-refractivity contribution in [2.24, 2.45) is 0 Å². The van der Waals surface area contributed by atoms with E-state index in [1.54, 1.807) is 24.3 Å². The number of rotatable bonds is 4. The van der Waals surface area contributed by atoms with Crippen molar-refractivity contribution in [1.29, 1.82) is 0 Å².